The number of nitrogens with zero attached hydrogens (tertiary/aromatic N) is 2. The smallest absolute Gasteiger partial charge is 0.130 e. The van der Waals surface area contributed by atoms with E-state index >= 15 is 0 Å². The first-order valence-corrected chi connectivity index (χ1v) is 7.48. The molecule has 0 aliphatic rings. The van der Waals surface area contributed by atoms with Gasteiger partial charge >= 0.3 is 0 Å². The number of anilines is 1. The van der Waals surface area contributed by atoms with E-state index in [1.807, 2.05) is 43.4 Å². The van der Waals surface area contributed by atoms with Gasteiger partial charge in [0.15, 0.2) is 0 Å². The Labute approximate surface area is 130 Å². The number of benzene rings is 1. The summed E-state index contributed by atoms with van der Waals surface area (Å²) in [6, 6.07) is 11.4. The maximum atomic E-state index is 6.29. The molecule has 0 unspecified atom stereocenters. The second kappa shape index (κ2) is 5.13. The maximum absolute atomic E-state index is 6.29. The van der Waals surface area contributed by atoms with E-state index in [0.717, 1.165) is 21.7 Å². The van der Waals surface area contributed by atoms with Gasteiger partial charge in [-0.25, -0.2) is 0 Å². The molecule has 0 amide bonds. The normalized spacial score (nSPS) is 10.9. The number of halogens is 2. The molecule has 0 aliphatic heterocycles. The Hall–Kier alpha value is -1.49. The molecule has 0 saturated carbocycles. The molecule has 3 rings (SSSR count). The molecule has 2 heterocycles. The number of rotatable bonds is 2. The Balaban J connectivity index is 2.28. The molecule has 102 valence electrons. The zero-order valence-corrected chi connectivity index (χ0v) is 12.9. The SMILES string of the molecule is Cn1nc(-c2ccc(Cl)s2)c(-c2ccccc2Cl)c1N. The second-order valence-corrected chi connectivity index (χ2v) is 6.44. The fourth-order valence-corrected chi connectivity index (χ4v) is 3.34. The van der Waals surface area contributed by atoms with E-state index in [9.17, 15) is 0 Å². The fourth-order valence-electron chi connectivity index (χ4n) is 2.08. The van der Waals surface area contributed by atoms with Gasteiger partial charge in [0.25, 0.3) is 0 Å². The van der Waals surface area contributed by atoms with Crippen molar-refractivity contribution in [3.8, 4) is 21.7 Å². The fraction of sp³-hybridized carbons (Fsp3) is 0.0714. The van der Waals surface area contributed by atoms with Crippen LogP contribution in [-0.2, 0) is 7.05 Å². The van der Waals surface area contributed by atoms with Crippen molar-refractivity contribution in [3.63, 3.8) is 0 Å². The van der Waals surface area contributed by atoms with Gasteiger partial charge in [-0.15, -0.1) is 11.3 Å². The highest BCUT2D eigenvalue weighted by Crippen LogP contribution is 2.41. The lowest BCUT2D eigenvalue weighted by atomic mass is 10.0. The van der Waals surface area contributed by atoms with E-state index in [0.29, 0.717) is 15.2 Å². The highest BCUT2D eigenvalue weighted by Gasteiger charge is 2.20. The molecular formula is C14H11Cl2N3S. The van der Waals surface area contributed by atoms with Crippen LogP contribution in [0.15, 0.2) is 36.4 Å². The summed E-state index contributed by atoms with van der Waals surface area (Å²) in [7, 11) is 1.81. The Bertz CT molecular complexity index is 777. The van der Waals surface area contributed by atoms with Crippen LogP contribution in [0.4, 0.5) is 5.82 Å². The minimum Gasteiger partial charge on any atom is -0.383 e. The third kappa shape index (κ3) is 2.20. The van der Waals surface area contributed by atoms with Crippen LogP contribution >= 0.6 is 34.5 Å². The summed E-state index contributed by atoms with van der Waals surface area (Å²) in [5.74, 6) is 0.581. The molecule has 0 aliphatic carbocycles. The molecule has 6 heteroatoms. The van der Waals surface area contributed by atoms with Gasteiger partial charge in [0, 0.05) is 17.6 Å². The van der Waals surface area contributed by atoms with Crippen molar-refractivity contribution in [1.82, 2.24) is 9.78 Å². The standard InChI is InChI=1S/C14H11Cl2N3S/c1-19-14(17)12(8-4-2-3-5-9(8)15)13(18-19)10-6-7-11(16)20-10/h2-7H,17H2,1H3. The molecule has 2 N–H and O–H groups in total. The van der Waals surface area contributed by atoms with Crippen LogP contribution in [0, 0.1) is 0 Å². The Morgan fingerprint density at radius 3 is 2.55 bits per heavy atom. The molecule has 3 nitrogen and oxygen atoms in total. The number of hydrogen-bond donors (Lipinski definition) is 1. The molecule has 3 aromatic rings. The van der Waals surface area contributed by atoms with Crippen molar-refractivity contribution in [3.05, 3.63) is 45.8 Å². The van der Waals surface area contributed by atoms with Crippen LogP contribution in [0.1, 0.15) is 0 Å². The van der Waals surface area contributed by atoms with Crippen molar-refractivity contribution in [2.45, 2.75) is 0 Å². The van der Waals surface area contributed by atoms with Gasteiger partial charge in [0.1, 0.15) is 11.5 Å². The summed E-state index contributed by atoms with van der Waals surface area (Å²) in [5.41, 5.74) is 8.68. The molecule has 0 atom stereocenters. The maximum Gasteiger partial charge on any atom is 0.130 e. The molecule has 0 saturated heterocycles. The van der Waals surface area contributed by atoms with Gasteiger partial charge in [0.05, 0.1) is 14.8 Å². The first-order chi connectivity index (χ1) is 9.58. The van der Waals surface area contributed by atoms with E-state index < -0.39 is 0 Å². The molecule has 20 heavy (non-hydrogen) atoms. The zero-order chi connectivity index (χ0) is 14.3. The van der Waals surface area contributed by atoms with E-state index in [1.165, 1.54) is 11.3 Å². The van der Waals surface area contributed by atoms with Crippen molar-refractivity contribution in [1.29, 1.82) is 0 Å². The summed E-state index contributed by atoms with van der Waals surface area (Å²) in [5, 5.41) is 5.15. The van der Waals surface area contributed by atoms with Crippen molar-refractivity contribution in [2.24, 2.45) is 7.05 Å². The lowest BCUT2D eigenvalue weighted by Crippen LogP contribution is -1.98. The second-order valence-electron chi connectivity index (χ2n) is 4.32. The quantitative estimate of drug-likeness (QED) is 0.742. The van der Waals surface area contributed by atoms with E-state index in [2.05, 4.69) is 5.10 Å². The first kappa shape index (κ1) is 13.5. The predicted molar refractivity (Wildman–Crippen MR) is 86.4 cm³/mol. The van der Waals surface area contributed by atoms with E-state index in [-0.39, 0.29) is 0 Å². The Morgan fingerprint density at radius 1 is 1.15 bits per heavy atom. The topological polar surface area (TPSA) is 43.8 Å². The van der Waals surface area contributed by atoms with Gasteiger partial charge < -0.3 is 5.73 Å². The number of nitrogen functional groups attached to an aromatic ring is 1. The Morgan fingerprint density at radius 2 is 1.90 bits per heavy atom. The monoisotopic (exact) mass is 323 g/mol. The number of nitrogens with two attached hydrogens (primary N) is 1. The van der Waals surface area contributed by atoms with Crippen LogP contribution in [0.5, 0.6) is 0 Å². The van der Waals surface area contributed by atoms with Crippen molar-refractivity contribution >= 4 is 40.4 Å². The molecule has 0 bridgehead atoms. The number of aromatic nitrogens is 2. The zero-order valence-electron chi connectivity index (χ0n) is 10.6. The van der Waals surface area contributed by atoms with Crippen LogP contribution in [0.25, 0.3) is 21.7 Å². The summed E-state index contributed by atoms with van der Waals surface area (Å²) in [4.78, 5) is 0.970. The third-order valence-electron chi connectivity index (χ3n) is 3.04. The van der Waals surface area contributed by atoms with E-state index in [4.69, 9.17) is 28.9 Å². The average Bonchev–Trinajstić information content (AvgIpc) is 2.96. The minimum atomic E-state index is 0.581. The molecule has 2 aromatic heterocycles. The van der Waals surface area contributed by atoms with Crippen LogP contribution in [0.2, 0.25) is 9.36 Å². The molecule has 1 aromatic carbocycles. The van der Waals surface area contributed by atoms with E-state index in [1.54, 1.807) is 4.68 Å². The average molecular weight is 324 g/mol. The Kier molecular flexibility index (Phi) is 3.46. The number of thiophene rings is 1. The third-order valence-corrected chi connectivity index (χ3v) is 4.61. The number of aryl methyl sites for hydroxylation is 1. The summed E-state index contributed by atoms with van der Waals surface area (Å²) in [6.07, 6.45) is 0. The largest absolute Gasteiger partial charge is 0.383 e. The summed E-state index contributed by atoms with van der Waals surface area (Å²) >= 11 is 13.8. The highest BCUT2D eigenvalue weighted by molar-refractivity contribution is 7.19. The lowest BCUT2D eigenvalue weighted by Gasteiger charge is -2.05. The summed E-state index contributed by atoms with van der Waals surface area (Å²) in [6.45, 7) is 0. The van der Waals surface area contributed by atoms with Crippen LogP contribution in [-0.4, -0.2) is 9.78 Å². The van der Waals surface area contributed by atoms with Gasteiger partial charge in [-0.05, 0) is 18.2 Å². The minimum absolute atomic E-state index is 0.581. The van der Waals surface area contributed by atoms with Gasteiger partial charge in [-0.1, -0.05) is 41.4 Å². The molecule has 0 fully saturated rings. The highest BCUT2D eigenvalue weighted by atomic mass is 35.5. The predicted octanol–water partition coefficient (Wildman–Crippen LogP) is 4.70. The van der Waals surface area contributed by atoms with Gasteiger partial charge in [-0.2, -0.15) is 5.10 Å². The van der Waals surface area contributed by atoms with Crippen molar-refractivity contribution in [2.75, 3.05) is 5.73 Å². The summed E-state index contributed by atoms with van der Waals surface area (Å²) < 4.78 is 2.37. The van der Waals surface area contributed by atoms with Crippen molar-refractivity contribution < 1.29 is 0 Å². The first-order valence-electron chi connectivity index (χ1n) is 5.91. The molecular weight excluding hydrogens is 313 g/mol. The molecule has 0 radical (unpaired) electrons. The van der Waals surface area contributed by atoms with Gasteiger partial charge in [0.2, 0.25) is 0 Å². The van der Waals surface area contributed by atoms with Crippen LogP contribution < -0.4 is 5.73 Å². The molecule has 0 spiro atoms. The lowest BCUT2D eigenvalue weighted by molar-refractivity contribution is 0.783. The number of hydrogen-bond acceptors (Lipinski definition) is 3. The van der Waals surface area contributed by atoms with Crippen LogP contribution in [0.3, 0.4) is 0 Å². The van der Waals surface area contributed by atoms with Gasteiger partial charge in [-0.3, -0.25) is 4.68 Å².